The van der Waals surface area contributed by atoms with E-state index in [0.29, 0.717) is 18.2 Å². The molecule has 3 heterocycles. The van der Waals surface area contributed by atoms with E-state index in [4.69, 9.17) is 0 Å². The Bertz CT molecular complexity index is 1020. The largest absolute Gasteiger partial charge is 0.460 e. The highest BCUT2D eigenvalue weighted by atomic mass is 19.4. The number of nitrogens with zero attached hydrogens (tertiary/aromatic N) is 4. The van der Waals surface area contributed by atoms with Crippen molar-refractivity contribution in [3.63, 3.8) is 0 Å². The molecule has 0 spiro atoms. The maximum absolute atomic E-state index is 14.2. The summed E-state index contributed by atoms with van der Waals surface area (Å²) < 4.78 is 97.0. The van der Waals surface area contributed by atoms with Crippen LogP contribution in [0.1, 0.15) is 19.7 Å². The van der Waals surface area contributed by atoms with Crippen LogP contribution in [0.25, 0.3) is 16.8 Å². The average molecular weight is 408 g/mol. The van der Waals surface area contributed by atoms with Crippen molar-refractivity contribution in [1.82, 2.24) is 19.6 Å². The lowest BCUT2D eigenvalue weighted by Crippen LogP contribution is -2.45. The van der Waals surface area contributed by atoms with Crippen molar-refractivity contribution in [2.24, 2.45) is 0 Å². The summed E-state index contributed by atoms with van der Waals surface area (Å²) in [5.41, 5.74) is -2.63. The van der Waals surface area contributed by atoms with Crippen molar-refractivity contribution >= 4 is 5.65 Å². The molecule has 0 bridgehead atoms. The Kier molecular flexibility index (Phi) is 4.47. The van der Waals surface area contributed by atoms with E-state index in [1.54, 1.807) is 0 Å². The third kappa shape index (κ3) is 3.58. The molecule has 0 aliphatic rings. The zero-order chi connectivity index (χ0) is 20.9. The summed E-state index contributed by atoms with van der Waals surface area (Å²) in [7, 11) is 0. The molecule has 0 unspecified atom stereocenters. The molecule has 0 radical (unpaired) electrons. The highest BCUT2D eigenvalue weighted by molar-refractivity contribution is 5.64. The van der Waals surface area contributed by atoms with Gasteiger partial charge in [0.25, 0.3) is 5.88 Å². The van der Waals surface area contributed by atoms with Crippen molar-refractivity contribution in [3.8, 4) is 17.0 Å². The zero-order valence-electron chi connectivity index (χ0n) is 14.2. The van der Waals surface area contributed by atoms with E-state index in [0.717, 1.165) is 18.5 Å². The number of halogens is 7. The SMILES string of the molecule is CC(C)(Oc1ncc(-c2ccc3nnc(C(F)(F)F)n3c2)cc1F)C(F)(F)F. The van der Waals surface area contributed by atoms with Crippen molar-refractivity contribution in [2.45, 2.75) is 31.8 Å². The Labute approximate surface area is 152 Å². The van der Waals surface area contributed by atoms with E-state index in [1.165, 1.54) is 12.1 Å². The summed E-state index contributed by atoms with van der Waals surface area (Å²) in [4.78, 5) is 3.53. The lowest BCUT2D eigenvalue weighted by Gasteiger charge is -2.28. The number of fused-ring (bicyclic) bond motifs is 1. The van der Waals surface area contributed by atoms with Crippen LogP contribution in [0, 0.1) is 5.82 Å². The van der Waals surface area contributed by atoms with Crippen LogP contribution < -0.4 is 4.74 Å². The van der Waals surface area contributed by atoms with Gasteiger partial charge in [-0.25, -0.2) is 9.37 Å². The maximum atomic E-state index is 14.2. The van der Waals surface area contributed by atoms with Crippen LogP contribution in [0.2, 0.25) is 0 Å². The fourth-order valence-corrected chi connectivity index (χ4v) is 2.21. The number of ether oxygens (including phenoxy) is 1. The molecule has 0 aliphatic heterocycles. The predicted octanol–water partition coefficient (Wildman–Crippen LogP) is 4.67. The molecule has 3 aromatic rings. The molecule has 0 saturated carbocycles. The molecule has 0 fully saturated rings. The summed E-state index contributed by atoms with van der Waals surface area (Å²) in [5.74, 6) is -3.35. The first-order valence-electron chi connectivity index (χ1n) is 7.63. The molecule has 0 atom stereocenters. The number of hydrogen-bond acceptors (Lipinski definition) is 4. The molecular formula is C16H11F7N4O. The Morgan fingerprint density at radius 3 is 2.21 bits per heavy atom. The minimum atomic E-state index is -4.77. The van der Waals surface area contributed by atoms with E-state index in [2.05, 4.69) is 19.9 Å². The number of rotatable bonds is 3. The second-order valence-corrected chi connectivity index (χ2v) is 6.29. The predicted molar refractivity (Wildman–Crippen MR) is 81.9 cm³/mol. The topological polar surface area (TPSA) is 52.3 Å². The number of pyridine rings is 2. The zero-order valence-corrected chi connectivity index (χ0v) is 14.2. The Morgan fingerprint density at radius 1 is 0.964 bits per heavy atom. The summed E-state index contributed by atoms with van der Waals surface area (Å²) >= 11 is 0. The average Bonchev–Trinajstić information content (AvgIpc) is 2.98. The first-order chi connectivity index (χ1) is 12.8. The molecule has 3 rings (SSSR count). The highest BCUT2D eigenvalue weighted by Gasteiger charge is 2.50. The van der Waals surface area contributed by atoms with Gasteiger partial charge in [-0.15, -0.1) is 10.2 Å². The van der Waals surface area contributed by atoms with E-state index >= 15 is 0 Å². The van der Waals surface area contributed by atoms with Crippen LogP contribution in [0.4, 0.5) is 30.7 Å². The van der Waals surface area contributed by atoms with Gasteiger partial charge < -0.3 is 4.74 Å². The van der Waals surface area contributed by atoms with Gasteiger partial charge in [0, 0.05) is 23.5 Å². The van der Waals surface area contributed by atoms with Gasteiger partial charge >= 0.3 is 12.4 Å². The van der Waals surface area contributed by atoms with Gasteiger partial charge in [0.05, 0.1) is 0 Å². The van der Waals surface area contributed by atoms with Gasteiger partial charge in [-0.3, -0.25) is 4.40 Å². The van der Waals surface area contributed by atoms with Gasteiger partial charge in [0.1, 0.15) is 0 Å². The van der Waals surface area contributed by atoms with E-state index < -0.39 is 35.5 Å². The standard InChI is InChI=1S/C16H11F7N4O/c1-14(2,16(21,22)23)28-12-10(17)5-9(6-24-12)8-3-4-11-25-26-13(15(18,19)20)27(11)7-8/h3-7H,1-2H3. The summed E-state index contributed by atoms with van der Waals surface area (Å²) in [6.07, 6.45) is -7.52. The van der Waals surface area contributed by atoms with Crippen LogP contribution >= 0.6 is 0 Å². The molecule has 0 aromatic carbocycles. The van der Waals surface area contributed by atoms with Crippen molar-refractivity contribution in [2.75, 3.05) is 0 Å². The first-order valence-corrected chi connectivity index (χ1v) is 7.63. The van der Waals surface area contributed by atoms with Crippen LogP contribution in [0.15, 0.2) is 30.6 Å². The fourth-order valence-electron chi connectivity index (χ4n) is 2.21. The van der Waals surface area contributed by atoms with E-state index in [1.807, 2.05) is 0 Å². The quantitative estimate of drug-likeness (QED) is 0.591. The molecule has 0 N–H and O–H groups in total. The Balaban J connectivity index is 1.98. The summed E-state index contributed by atoms with van der Waals surface area (Å²) in [6.45, 7) is 1.42. The third-order valence-electron chi connectivity index (χ3n) is 3.83. The summed E-state index contributed by atoms with van der Waals surface area (Å²) in [6, 6.07) is 3.39. The second-order valence-electron chi connectivity index (χ2n) is 6.29. The molecule has 5 nitrogen and oxygen atoms in total. The molecule has 12 heteroatoms. The molecule has 0 aliphatic carbocycles. The molecular weight excluding hydrogens is 397 g/mol. The van der Waals surface area contributed by atoms with Crippen molar-refractivity contribution < 1.29 is 35.5 Å². The van der Waals surface area contributed by atoms with Gasteiger partial charge in [-0.05, 0) is 32.0 Å². The van der Waals surface area contributed by atoms with Crippen molar-refractivity contribution in [3.05, 3.63) is 42.2 Å². The van der Waals surface area contributed by atoms with Crippen LogP contribution in [0.5, 0.6) is 5.88 Å². The fraction of sp³-hybridized carbons (Fsp3) is 0.312. The molecule has 150 valence electrons. The number of aromatic nitrogens is 4. The van der Waals surface area contributed by atoms with Gasteiger partial charge in [-0.1, -0.05) is 0 Å². The van der Waals surface area contributed by atoms with E-state index in [-0.39, 0.29) is 16.8 Å². The molecule has 3 aromatic heterocycles. The normalized spacial score (nSPS) is 13.2. The maximum Gasteiger partial charge on any atom is 0.452 e. The Morgan fingerprint density at radius 2 is 1.64 bits per heavy atom. The minimum Gasteiger partial charge on any atom is -0.460 e. The van der Waals surface area contributed by atoms with Gasteiger partial charge in [0.2, 0.25) is 5.82 Å². The van der Waals surface area contributed by atoms with E-state index in [9.17, 15) is 30.7 Å². The third-order valence-corrected chi connectivity index (χ3v) is 3.83. The monoisotopic (exact) mass is 408 g/mol. The van der Waals surface area contributed by atoms with Crippen LogP contribution in [-0.4, -0.2) is 31.4 Å². The van der Waals surface area contributed by atoms with Crippen LogP contribution in [0.3, 0.4) is 0 Å². The highest BCUT2D eigenvalue weighted by Crippen LogP contribution is 2.35. The minimum absolute atomic E-state index is 0.0263. The Hall–Kier alpha value is -2.92. The lowest BCUT2D eigenvalue weighted by molar-refractivity contribution is -0.235. The van der Waals surface area contributed by atoms with Crippen LogP contribution in [-0.2, 0) is 6.18 Å². The van der Waals surface area contributed by atoms with Gasteiger partial charge in [-0.2, -0.15) is 26.3 Å². The lowest BCUT2D eigenvalue weighted by atomic mass is 10.1. The van der Waals surface area contributed by atoms with Gasteiger partial charge in [0.15, 0.2) is 17.1 Å². The number of alkyl halides is 6. The smallest absolute Gasteiger partial charge is 0.452 e. The first kappa shape index (κ1) is 19.8. The molecule has 28 heavy (non-hydrogen) atoms. The molecule has 0 saturated heterocycles. The number of hydrogen-bond donors (Lipinski definition) is 0. The molecule has 0 amide bonds. The second kappa shape index (κ2) is 6.31. The van der Waals surface area contributed by atoms with Crippen molar-refractivity contribution in [1.29, 1.82) is 0 Å². The summed E-state index contributed by atoms with van der Waals surface area (Å²) in [5, 5.41) is 6.46.